The Labute approximate surface area is 110 Å². The molecular formula is C14H11NO4. The van der Waals surface area contributed by atoms with Crippen LogP contribution < -0.4 is 4.74 Å². The fourth-order valence-electron chi connectivity index (χ4n) is 1.22. The molecule has 0 aliphatic rings. The van der Waals surface area contributed by atoms with E-state index in [-0.39, 0.29) is 5.57 Å². The van der Waals surface area contributed by atoms with E-state index in [0.717, 1.165) is 5.56 Å². The Morgan fingerprint density at radius 3 is 2.42 bits per heavy atom. The molecule has 0 bridgehead atoms. The van der Waals surface area contributed by atoms with Crippen LogP contribution in [0.5, 0.6) is 5.75 Å². The summed E-state index contributed by atoms with van der Waals surface area (Å²) in [5.41, 5.74) is 0.447. The van der Waals surface area contributed by atoms with E-state index in [1.807, 2.05) is 0 Å². The van der Waals surface area contributed by atoms with Crippen LogP contribution in [-0.2, 0) is 9.59 Å². The molecule has 0 saturated heterocycles. The molecule has 0 radical (unpaired) electrons. The standard InChI is InChI=1S/C14H11NO4/c1-10(16)19-13-7-5-11(6-8-13)3-2-4-12(9-15)14(17)18/h2-8H,1H3,(H,17,18)/b3-2+,12-4+. The Hall–Kier alpha value is -2.87. The van der Waals surface area contributed by atoms with Gasteiger partial charge in [-0.15, -0.1) is 0 Å². The molecule has 0 saturated carbocycles. The van der Waals surface area contributed by atoms with Crippen molar-refractivity contribution in [2.24, 2.45) is 0 Å². The van der Waals surface area contributed by atoms with Gasteiger partial charge in [0.1, 0.15) is 17.4 Å². The highest BCUT2D eigenvalue weighted by Gasteiger charge is 2.02. The molecule has 0 aromatic heterocycles. The van der Waals surface area contributed by atoms with Crippen LogP contribution in [0.2, 0.25) is 0 Å². The second-order valence-electron chi connectivity index (χ2n) is 3.52. The van der Waals surface area contributed by atoms with Gasteiger partial charge in [-0.2, -0.15) is 5.26 Å². The maximum absolute atomic E-state index is 10.7. The molecule has 1 aromatic carbocycles. The quantitative estimate of drug-likeness (QED) is 0.293. The van der Waals surface area contributed by atoms with Crippen molar-refractivity contribution < 1.29 is 19.4 Å². The van der Waals surface area contributed by atoms with E-state index >= 15 is 0 Å². The van der Waals surface area contributed by atoms with Crippen molar-refractivity contribution in [2.75, 3.05) is 0 Å². The summed E-state index contributed by atoms with van der Waals surface area (Å²) >= 11 is 0. The third-order valence-electron chi connectivity index (χ3n) is 2.04. The highest BCUT2D eigenvalue weighted by atomic mass is 16.5. The average molecular weight is 257 g/mol. The van der Waals surface area contributed by atoms with Gasteiger partial charge < -0.3 is 9.84 Å². The van der Waals surface area contributed by atoms with Crippen molar-refractivity contribution in [2.45, 2.75) is 6.92 Å². The summed E-state index contributed by atoms with van der Waals surface area (Å²) < 4.78 is 4.87. The van der Waals surface area contributed by atoms with Crippen LogP contribution in [0.3, 0.4) is 0 Å². The highest BCUT2D eigenvalue weighted by molar-refractivity contribution is 5.91. The number of carbonyl (C=O) groups is 2. The van der Waals surface area contributed by atoms with E-state index in [1.165, 1.54) is 19.1 Å². The molecule has 0 heterocycles. The molecule has 1 aromatic rings. The zero-order valence-electron chi connectivity index (χ0n) is 10.2. The van der Waals surface area contributed by atoms with Gasteiger partial charge in [-0.25, -0.2) is 4.79 Å². The summed E-state index contributed by atoms with van der Waals surface area (Å²) in [6.45, 7) is 1.31. The summed E-state index contributed by atoms with van der Waals surface area (Å²) in [7, 11) is 0. The Morgan fingerprint density at radius 1 is 1.32 bits per heavy atom. The summed E-state index contributed by atoms with van der Waals surface area (Å²) in [5.74, 6) is -1.23. The molecule has 0 unspecified atom stereocenters. The van der Waals surface area contributed by atoms with E-state index in [0.29, 0.717) is 5.75 Å². The second kappa shape index (κ2) is 6.77. The third kappa shape index (κ3) is 4.88. The van der Waals surface area contributed by atoms with Gasteiger partial charge in [0.2, 0.25) is 0 Å². The Morgan fingerprint density at radius 2 is 1.95 bits per heavy atom. The molecule has 0 atom stereocenters. The smallest absolute Gasteiger partial charge is 0.346 e. The van der Waals surface area contributed by atoms with Crippen LogP contribution in [0.4, 0.5) is 0 Å². The fraction of sp³-hybridized carbons (Fsp3) is 0.0714. The lowest BCUT2D eigenvalue weighted by Crippen LogP contribution is -2.00. The Kier molecular flexibility index (Phi) is 5.05. The van der Waals surface area contributed by atoms with E-state index in [9.17, 15) is 9.59 Å². The lowest BCUT2D eigenvalue weighted by molar-refractivity contribution is -0.133. The van der Waals surface area contributed by atoms with Gasteiger partial charge in [0.25, 0.3) is 0 Å². The summed E-state index contributed by atoms with van der Waals surface area (Å²) in [6.07, 6.45) is 4.31. The minimum absolute atomic E-state index is 0.340. The van der Waals surface area contributed by atoms with Crippen LogP contribution in [0.25, 0.3) is 6.08 Å². The van der Waals surface area contributed by atoms with Crippen LogP contribution in [-0.4, -0.2) is 17.0 Å². The maximum atomic E-state index is 10.7. The van der Waals surface area contributed by atoms with Crippen molar-refractivity contribution in [1.82, 2.24) is 0 Å². The normalized spacial score (nSPS) is 11.1. The predicted molar refractivity (Wildman–Crippen MR) is 68.1 cm³/mol. The molecule has 0 amide bonds. The van der Waals surface area contributed by atoms with Gasteiger partial charge in [0.15, 0.2) is 0 Å². The van der Waals surface area contributed by atoms with Gasteiger partial charge in [0, 0.05) is 6.92 Å². The molecule has 0 aliphatic heterocycles. The average Bonchev–Trinajstić information content (AvgIpc) is 2.35. The van der Waals surface area contributed by atoms with Crippen molar-refractivity contribution in [3.8, 4) is 11.8 Å². The molecule has 5 nitrogen and oxygen atoms in total. The number of esters is 1. The van der Waals surface area contributed by atoms with Crippen LogP contribution in [0.15, 0.2) is 42.0 Å². The molecule has 5 heteroatoms. The molecule has 96 valence electrons. The number of allylic oxidation sites excluding steroid dienone is 2. The van der Waals surface area contributed by atoms with Gasteiger partial charge in [0.05, 0.1) is 0 Å². The SMILES string of the molecule is CC(=O)Oc1ccc(/C=C/C=C(\C#N)C(=O)O)cc1. The topological polar surface area (TPSA) is 87.4 Å². The van der Waals surface area contributed by atoms with Gasteiger partial charge in [-0.3, -0.25) is 4.79 Å². The molecule has 1 rings (SSSR count). The molecule has 19 heavy (non-hydrogen) atoms. The minimum Gasteiger partial charge on any atom is -0.477 e. The van der Waals surface area contributed by atoms with E-state index < -0.39 is 11.9 Å². The number of aliphatic carboxylic acids is 1. The number of nitriles is 1. The largest absolute Gasteiger partial charge is 0.477 e. The first-order valence-electron chi connectivity index (χ1n) is 5.33. The van der Waals surface area contributed by atoms with Crippen molar-refractivity contribution in [1.29, 1.82) is 5.26 Å². The molecule has 0 fully saturated rings. The number of carboxylic acid groups (broad SMARTS) is 1. The molecule has 0 spiro atoms. The molecular weight excluding hydrogens is 246 g/mol. The van der Waals surface area contributed by atoms with Gasteiger partial charge in [-0.1, -0.05) is 24.3 Å². The number of hydrogen-bond acceptors (Lipinski definition) is 4. The predicted octanol–water partition coefficient (Wildman–Crippen LogP) is 2.16. The maximum Gasteiger partial charge on any atom is 0.346 e. The molecule has 1 N–H and O–H groups in total. The number of rotatable bonds is 4. The zero-order chi connectivity index (χ0) is 14.3. The van der Waals surface area contributed by atoms with Crippen molar-refractivity contribution in [3.05, 3.63) is 47.6 Å². The summed E-state index contributed by atoms with van der Waals surface area (Å²) in [4.78, 5) is 21.3. The highest BCUT2D eigenvalue weighted by Crippen LogP contribution is 2.13. The van der Waals surface area contributed by atoms with Gasteiger partial charge in [-0.05, 0) is 23.8 Å². The van der Waals surface area contributed by atoms with E-state index in [4.69, 9.17) is 15.1 Å². The number of benzene rings is 1. The van der Waals surface area contributed by atoms with Crippen molar-refractivity contribution >= 4 is 18.0 Å². The van der Waals surface area contributed by atoms with Crippen LogP contribution >= 0.6 is 0 Å². The number of nitrogens with zero attached hydrogens (tertiary/aromatic N) is 1. The lowest BCUT2D eigenvalue weighted by atomic mass is 10.2. The first kappa shape index (κ1) is 14.2. The number of carboxylic acids is 1. The van der Waals surface area contributed by atoms with Crippen LogP contribution in [0, 0.1) is 11.3 Å². The van der Waals surface area contributed by atoms with Crippen LogP contribution in [0.1, 0.15) is 12.5 Å². The summed E-state index contributed by atoms with van der Waals surface area (Å²) in [6, 6.07) is 8.22. The lowest BCUT2D eigenvalue weighted by Gasteiger charge is -2.00. The minimum atomic E-state index is -1.27. The Bertz CT molecular complexity index is 576. The molecule has 0 aliphatic carbocycles. The van der Waals surface area contributed by atoms with Crippen molar-refractivity contribution in [3.63, 3.8) is 0 Å². The monoisotopic (exact) mass is 257 g/mol. The number of hydrogen-bond donors (Lipinski definition) is 1. The fourth-order valence-corrected chi connectivity index (χ4v) is 1.22. The number of ether oxygens (including phenoxy) is 1. The second-order valence-corrected chi connectivity index (χ2v) is 3.52. The first-order chi connectivity index (χ1) is 9.02. The van der Waals surface area contributed by atoms with E-state index in [1.54, 1.807) is 36.4 Å². The van der Waals surface area contributed by atoms with Gasteiger partial charge >= 0.3 is 11.9 Å². The Balaban J connectivity index is 2.76. The third-order valence-corrected chi connectivity index (χ3v) is 2.04. The zero-order valence-corrected chi connectivity index (χ0v) is 10.2. The summed E-state index contributed by atoms with van der Waals surface area (Å²) in [5, 5.41) is 17.2. The number of carbonyl (C=O) groups excluding carboxylic acids is 1. The van der Waals surface area contributed by atoms with E-state index in [2.05, 4.69) is 0 Å². The first-order valence-corrected chi connectivity index (χ1v) is 5.33.